The molecule has 2 aromatic carbocycles. The van der Waals surface area contributed by atoms with Gasteiger partial charge in [0.15, 0.2) is 5.65 Å². The molecule has 0 N–H and O–H groups in total. The smallest absolute Gasteiger partial charge is 0.410 e. The first-order chi connectivity index (χ1) is 19.0. The second kappa shape index (κ2) is 9.66. The fourth-order valence-electron chi connectivity index (χ4n) is 5.33. The van der Waals surface area contributed by atoms with Crippen molar-refractivity contribution in [2.75, 3.05) is 6.54 Å². The third-order valence-electron chi connectivity index (χ3n) is 7.44. The van der Waals surface area contributed by atoms with Gasteiger partial charge in [0.2, 0.25) is 0 Å². The monoisotopic (exact) mass is 559 g/mol. The van der Waals surface area contributed by atoms with Crippen LogP contribution in [0.2, 0.25) is 0 Å². The van der Waals surface area contributed by atoms with E-state index in [1.807, 2.05) is 52.0 Å². The number of benzene rings is 2. The summed E-state index contributed by atoms with van der Waals surface area (Å²) in [6.45, 7) is 8.17. The first-order valence-electron chi connectivity index (χ1n) is 13.6. The van der Waals surface area contributed by atoms with E-state index in [2.05, 4.69) is 4.98 Å². The molecule has 1 amide bonds. The van der Waals surface area contributed by atoms with Crippen LogP contribution in [0.4, 0.5) is 4.79 Å². The first kappa shape index (κ1) is 26.4. The van der Waals surface area contributed by atoms with Crippen LogP contribution < -0.4 is 4.74 Å². The van der Waals surface area contributed by atoms with Crippen LogP contribution in [0.25, 0.3) is 11.0 Å². The van der Waals surface area contributed by atoms with Crippen molar-refractivity contribution in [3.8, 4) is 11.5 Å². The number of hydrogen-bond donors (Lipinski definition) is 0. The summed E-state index contributed by atoms with van der Waals surface area (Å²) in [5.74, 6) is 1.31. The number of nitrogens with zero attached hydrogens (tertiary/aromatic N) is 3. The zero-order valence-electron chi connectivity index (χ0n) is 23.1. The number of hydrogen-bond acceptors (Lipinski definition) is 6. The van der Waals surface area contributed by atoms with Gasteiger partial charge in [0.1, 0.15) is 17.1 Å². The van der Waals surface area contributed by atoms with E-state index < -0.39 is 15.6 Å². The molecular weight excluding hydrogens is 526 g/mol. The molecule has 1 aliphatic heterocycles. The number of aromatic nitrogens is 2. The number of ether oxygens (including phenoxy) is 2. The van der Waals surface area contributed by atoms with Crippen LogP contribution in [-0.4, -0.2) is 40.5 Å². The molecule has 1 aliphatic carbocycles. The fourth-order valence-corrected chi connectivity index (χ4v) is 6.89. The molecule has 1 saturated carbocycles. The van der Waals surface area contributed by atoms with E-state index in [0.717, 1.165) is 36.1 Å². The van der Waals surface area contributed by atoms with Gasteiger partial charge < -0.3 is 14.4 Å². The summed E-state index contributed by atoms with van der Waals surface area (Å²) in [5.41, 5.74) is 2.68. The Bertz CT molecular complexity index is 1700. The van der Waals surface area contributed by atoms with Crippen LogP contribution >= 0.6 is 0 Å². The molecule has 2 aromatic heterocycles. The zero-order valence-corrected chi connectivity index (χ0v) is 23.9. The Kier molecular flexibility index (Phi) is 6.37. The standard InChI is InChI=1S/C31H33N3O5S/c1-20-25-18-23(13-12-21(25)15-17-33(20)30(35)39-31(2,3)4)38-28-14-16-32-29-26(28)19-27(22-10-11-22)34(29)40(36,37)24-8-6-5-7-9-24/h5-9,12-14,16,18-20,22H,10-11,15,17H2,1-4H3/t20-/m0/s1. The Balaban J connectivity index is 1.36. The first-order valence-corrected chi connectivity index (χ1v) is 15.1. The van der Waals surface area contributed by atoms with Gasteiger partial charge in [-0.3, -0.25) is 0 Å². The van der Waals surface area contributed by atoms with Crippen LogP contribution in [0.1, 0.15) is 69.3 Å². The average Bonchev–Trinajstić information content (AvgIpc) is 3.68. The van der Waals surface area contributed by atoms with Gasteiger partial charge in [0.25, 0.3) is 10.0 Å². The average molecular weight is 560 g/mol. The van der Waals surface area contributed by atoms with Crippen molar-refractivity contribution >= 4 is 27.1 Å². The number of rotatable bonds is 5. The summed E-state index contributed by atoms with van der Waals surface area (Å²) in [5, 5.41) is 0.644. The molecule has 4 aromatic rings. The third-order valence-corrected chi connectivity index (χ3v) is 9.17. The lowest BCUT2D eigenvalue weighted by Gasteiger charge is -2.36. The minimum Gasteiger partial charge on any atom is -0.457 e. The molecule has 3 heterocycles. The van der Waals surface area contributed by atoms with Gasteiger partial charge in [-0.2, -0.15) is 0 Å². The van der Waals surface area contributed by atoms with Crippen molar-refractivity contribution < 1.29 is 22.7 Å². The fraction of sp³-hybridized carbons (Fsp3) is 0.355. The lowest BCUT2D eigenvalue weighted by atomic mass is 9.93. The van der Waals surface area contributed by atoms with E-state index in [-0.39, 0.29) is 22.9 Å². The molecule has 0 radical (unpaired) electrons. The van der Waals surface area contributed by atoms with E-state index in [0.29, 0.717) is 29.1 Å². The molecule has 0 saturated heterocycles. The number of carbonyl (C=O) groups excluding carboxylic acids is 1. The zero-order chi connectivity index (χ0) is 28.2. The number of fused-ring (bicyclic) bond motifs is 2. The van der Waals surface area contributed by atoms with E-state index >= 15 is 0 Å². The SMILES string of the molecule is C[C@H]1c2cc(Oc3ccnc4c3cc(C3CC3)n4S(=O)(=O)c3ccccc3)ccc2CCN1C(=O)OC(C)(C)C. The van der Waals surface area contributed by atoms with Crippen molar-refractivity contribution in [1.29, 1.82) is 0 Å². The van der Waals surface area contributed by atoms with Crippen molar-refractivity contribution in [2.24, 2.45) is 0 Å². The van der Waals surface area contributed by atoms with Gasteiger partial charge in [-0.25, -0.2) is 22.2 Å². The quantitative estimate of drug-likeness (QED) is 0.267. The van der Waals surface area contributed by atoms with Crippen LogP contribution in [0.15, 0.2) is 71.8 Å². The van der Waals surface area contributed by atoms with Gasteiger partial charge in [0, 0.05) is 24.4 Å². The Morgan fingerprint density at radius 1 is 1.02 bits per heavy atom. The molecule has 2 aliphatic rings. The van der Waals surface area contributed by atoms with Crippen molar-refractivity contribution in [3.05, 3.63) is 83.7 Å². The van der Waals surface area contributed by atoms with E-state index in [4.69, 9.17) is 9.47 Å². The molecule has 40 heavy (non-hydrogen) atoms. The molecule has 0 spiro atoms. The van der Waals surface area contributed by atoms with Crippen molar-refractivity contribution in [3.63, 3.8) is 0 Å². The molecule has 208 valence electrons. The van der Waals surface area contributed by atoms with Crippen LogP contribution in [0, 0.1) is 0 Å². The predicted molar refractivity (Wildman–Crippen MR) is 152 cm³/mol. The normalized spacial score (nSPS) is 17.5. The van der Waals surface area contributed by atoms with Crippen molar-refractivity contribution in [2.45, 2.75) is 69.4 Å². The minimum atomic E-state index is -3.85. The number of pyridine rings is 1. The second-order valence-corrected chi connectivity index (χ2v) is 13.3. The van der Waals surface area contributed by atoms with Crippen molar-refractivity contribution in [1.82, 2.24) is 13.9 Å². The Hall–Kier alpha value is -3.85. The molecule has 8 nitrogen and oxygen atoms in total. The Morgan fingerprint density at radius 2 is 1.77 bits per heavy atom. The summed E-state index contributed by atoms with van der Waals surface area (Å²) in [7, 11) is -3.85. The highest BCUT2D eigenvalue weighted by Gasteiger charge is 2.34. The maximum Gasteiger partial charge on any atom is 0.410 e. The van der Waals surface area contributed by atoms with Crippen LogP contribution in [0.3, 0.4) is 0 Å². The van der Waals surface area contributed by atoms with Crippen LogP contribution in [0.5, 0.6) is 11.5 Å². The van der Waals surface area contributed by atoms with Crippen LogP contribution in [-0.2, 0) is 21.2 Å². The maximum absolute atomic E-state index is 13.7. The van der Waals surface area contributed by atoms with Gasteiger partial charge in [-0.05, 0) is 94.5 Å². The summed E-state index contributed by atoms with van der Waals surface area (Å²) < 4.78 is 40.9. The molecular formula is C31H33N3O5S. The lowest BCUT2D eigenvalue weighted by molar-refractivity contribution is 0.0159. The van der Waals surface area contributed by atoms with Gasteiger partial charge in [0.05, 0.1) is 16.3 Å². The molecule has 1 atom stereocenters. The Labute approximate surface area is 234 Å². The van der Waals surface area contributed by atoms with Gasteiger partial charge in [-0.1, -0.05) is 24.3 Å². The van der Waals surface area contributed by atoms with E-state index in [9.17, 15) is 13.2 Å². The van der Waals surface area contributed by atoms with Gasteiger partial charge >= 0.3 is 6.09 Å². The van der Waals surface area contributed by atoms with E-state index in [1.165, 1.54) is 3.97 Å². The summed E-state index contributed by atoms with van der Waals surface area (Å²) in [4.78, 5) is 19.3. The van der Waals surface area contributed by atoms with E-state index in [1.54, 1.807) is 47.5 Å². The topological polar surface area (TPSA) is 90.7 Å². The minimum absolute atomic E-state index is 0.170. The number of amides is 1. The van der Waals surface area contributed by atoms with Gasteiger partial charge in [-0.15, -0.1) is 0 Å². The second-order valence-electron chi connectivity index (χ2n) is 11.5. The summed E-state index contributed by atoms with van der Waals surface area (Å²) in [6, 6.07) is 17.8. The molecule has 0 unspecified atom stereocenters. The summed E-state index contributed by atoms with van der Waals surface area (Å²) in [6.07, 6.45) is 3.85. The highest BCUT2D eigenvalue weighted by molar-refractivity contribution is 7.90. The molecule has 0 bridgehead atoms. The Morgan fingerprint density at radius 3 is 2.48 bits per heavy atom. The lowest BCUT2D eigenvalue weighted by Crippen LogP contribution is -2.42. The largest absolute Gasteiger partial charge is 0.457 e. The summed E-state index contributed by atoms with van der Waals surface area (Å²) >= 11 is 0. The highest BCUT2D eigenvalue weighted by Crippen LogP contribution is 2.45. The maximum atomic E-state index is 13.7. The molecule has 1 fully saturated rings. The predicted octanol–water partition coefficient (Wildman–Crippen LogP) is 6.80. The number of carbonyl (C=O) groups is 1. The third kappa shape index (κ3) is 4.83. The highest BCUT2D eigenvalue weighted by atomic mass is 32.2. The molecule has 9 heteroatoms. The molecule has 6 rings (SSSR count).